The lowest BCUT2D eigenvalue weighted by Crippen LogP contribution is -1.98. The van der Waals surface area contributed by atoms with Crippen molar-refractivity contribution in [3.05, 3.63) is 24.3 Å². The molecule has 0 spiro atoms. The molecule has 0 aliphatic rings. The highest BCUT2D eigenvalue weighted by Gasteiger charge is 2.03. The van der Waals surface area contributed by atoms with Gasteiger partial charge in [0.25, 0.3) is 0 Å². The van der Waals surface area contributed by atoms with Gasteiger partial charge < -0.3 is 10.1 Å². The third-order valence-electron chi connectivity index (χ3n) is 1.69. The number of benzene rings is 1. The van der Waals surface area contributed by atoms with Gasteiger partial charge in [0.05, 0.1) is 10.2 Å². The fraction of sp³-hybridized carbons (Fsp3) is 0. The largest absolute Gasteiger partial charge is 0.495 e. The Balaban J connectivity index is 2.92. The second kappa shape index (κ2) is 2.13. The molecule has 1 aromatic heterocycles. The molecule has 2 N–H and O–H groups in total. The zero-order valence-corrected chi connectivity index (χ0v) is 6.76. The van der Waals surface area contributed by atoms with Crippen molar-refractivity contribution >= 4 is 26.3 Å². The molecule has 0 aliphatic carbocycles. The molecule has 3 radical (unpaired) electrons. The average Bonchev–Trinajstić information content (AvgIpc) is 2.30. The van der Waals surface area contributed by atoms with Gasteiger partial charge in [0.1, 0.15) is 0 Å². The van der Waals surface area contributed by atoms with E-state index < -0.39 is 0 Å². The van der Waals surface area contributed by atoms with Gasteiger partial charge >= 0.3 is 0 Å². The quantitative estimate of drug-likeness (QED) is 0.546. The minimum Gasteiger partial charge on any atom is -0.495 e. The van der Waals surface area contributed by atoms with Gasteiger partial charge in [-0.15, -0.1) is 0 Å². The Kier molecular flexibility index (Phi) is 1.26. The molecule has 0 saturated carbocycles. The van der Waals surface area contributed by atoms with Crippen LogP contribution >= 0.6 is 0 Å². The molecule has 11 heavy (non-hydrogen) atoms. The lowest BCUT2D eigenvalue weighted by molar-refractivity contribution is 0.462. The Morgan fingerprint density at radius 2 is 2.00 bits per heavy atom. The second-order valence-electron chi connectivity index (χ2n) is 2.39. The van der Waals surface area contributed by atoms with Gasteiger partial charge in [0, 0.05) is 16.1 Å². The molecule has 0 fully saturated rings. The molecule has 1 aromatic carbocycles. The summed E-state index contributed by atoms with van der Waals surface area (Å²) in [5.74, 6) is 0.183. The third-order valence-corrected chi connectivity index (χ3v) is 2.19. The zero-order chi connectivity index (χ0) is 7.84. The second-order valence-corrected chi connectivity index (χ2v) is 2.89. The highest BCUT2D eigenvalue weighted by Crippen LogP contribution is 2.14. The highest BCUT2D eigenvalue weighted by atomic mass is 28.1. The first-order valence-electron chi connectivity index (χ1n) is 3.30. The number of para-hydroxylation sites is 1. The monoisotopic (exact) mass is 160 g/mol. The van der Waals surface area contributed by atoms with Crippen LogP contribution in [0.25, 0.3) is 10.9 Å². The third kappa shape index (κ3) is 0.850. The van der Waals surface area contributed by atoms with Crippen LogP contribution in [0.4, 0.5) is 0 Å². The van der Waals surface area contributed by atoms with Crippen LogP contribution in [-0.2, 0) is 0 Å². The first-order valence-corrected chi connectivity index (χ1v) is 3.80. The highest BCUT2D eigenvalue weighted by molar-refractivity contribution is 6.40. The molecule has 0 atom stereocenters. The van der Waals surface area contributed by atoms with E-state index >= 15 is 0 Å². The molecule has 2 aromatic rings. The van der Waals surface area contributed by atoms with E-state index in [1.807, 2.05) is 24.3 Å². The maximum atomic E-state index is 9.24. The Labute approximate surface area is 67.3 Å². The number of fused-ring (bicyclic) bond motifs is 1. The van der Waals surface area contributed by atoms with E-state index in [1.165, 1.54) is 0 Å². The Morgan fingerprint density at radius 3 is 2.73 bits per heavy atom. The van der Waals surface area contributed by atoms with Gasteiger partial charge in [0.2, 0.25) is 0 Å². The summed E-state index contributed by atoms with van der Waals surface area (Å²) in [5.41, 5.74) is 0.940. The van der Waals surface area contributed by atoms with Crippen LogP contribution in [0.3, 0.4) is 0 Å². The van der Waals surface area contributed by atoms with Crippen LogP contribution < -0.4 is 5.19 Å². The summed E-state index contributed by atoms with van der Waals surface area (Å²) in [6, 6.07) is 7.70. The van der Waals surface area contributed by atoms with E-state index in [9.17, 15) is 5.11 Å². The van der Waals surface area contributed by atoms with Crippen LogP contribution in [0, 0.1) is 0 Å². The fourth-order valence-electron chi connectivity index (χ4n) is 1.13. The van der Waals surface area contributed by atoms with Crippen molar-refractivity contribution in [3.63, 3.8) is 0 Å². The smallest absolute Gasteiger partial charge is 0.187 e. The Bertz CT molecular complexity index is 394. The molecule has 53 valence electrons. The summed E-state index contributed by atoms with van der Waals surface area (Å²) in [5, 5.41) is 11.0. The van der Waals surface area contributed by atoms with Crippen LogP contribution in [-0.4, -0.2) is 20.3 Å². The predicted octanol–water partition coefficient (Wildman–Crippen LogP) is 0.667. The van der Waals surface area contributed by atoms with Crippen molar-refractivity contribution in [2.75, 3.05) is 0 Å². The molecular formula is C8H6NOSi. The van der Waals surface area contributed by atoms with Gasteiger partial charge in [-0.25, -0.2) is 0 Å². The number of H-pyrrole nitrogens is 1. The van der Waals surface area contributed by atoms with Crippen molar-refractivity contribution in [1.82, 2.24) is 4.98 Å². The van der Waals surface area contributed by atoms with Crippen molar-refractivity contribution in [3.8, 4) is 5.88 Å². The van der Waals surface area contributed by atoms with Crippen LogP contribution in [0.1, 0.15) is 0 Å². The van der Waals surface area contributed by atoms with Crippen molar-refractivity contribution in [2.24, 2.45) is 0 Å². The topological polar surface area (TPSA) is 36.0 Å². The summed E-state index contributed by atoms with van der Waals surface area (Å²) in [6.45, 7) is 0. The average molecular weight is 160 g/mol. The first-order chi connectivity index (χ1) is 5.29. The predicted molar refractivity (Wildman–Crippen MR) is 45.4 cm³/mol. The molecule has 1 heterocycles. The molecule has 0 amide bonds. The maximum absolute atomic E-state index is 9.24. The maximum Gasteiger partial charge on any atom is 0.187 e. The molecule has 0 aliphatic heterocycles. The molecule has 3 heteroatoms. The van der Waals surface area contributed by atoms with E-state index in [4.69, 9.17) is 0 Å². The molecule has 2 nitrogen and oxygen atoms in total. The minimum absolute atomic E-state index is 0.183. The summed E-state index contributed by atoms with van der Waals surface area (Å²) in [6.07, 6.45) is 0. The van der Waals surface area contributed by atoms with E-state index in [0.29, 0.717) is 0 Å². The van der Waals surface area contributed by atoms with Gasteiger partial charge in [-0.1, -0.05) is 18.2 Å². The van der Waals surface area contributed by atoms with E-state index in [0.717, 1.165) is 16.1 Å². The molecule has 0 unspecified atom stereocenters. The van der Waals surface area contributed by atoms with Gasteiger partial charge in [-0.3, -0.25) is 0 Å². The number of hydrogen-bond acceptors (Lipinski definition) is 1. The lowest BCUT2D eigenvalue weighted by Gasteiger charge is -1.86. The van der Waals surface area contributed by atoms with E-state index in [-0.39, 0.29) is 5.88 Å². The summed E-state index contributed by atoms with van der Waals surface area (Å²) >= 11 is 0. The number of aromatic hydroxyl groups is 1. The SMILES string of the molecule is Oc1[nH]c2ccccc2c1[Si]. The number of aromatic nitrogens is 1. The number of rotatable bonds is 0. The Morgan fingerprint density at radius 1 is 1.27 bits per heavy atom. The van der Waals surface area contributed by atoms with E-state index in [2.05, 4.69) is 15.2 Å². The first kappa shape index (κ1) is 6.48. The fourth-order valence-corrected chi connectivity index (χ4v) is 1.41. The normalized spacial score (nSPS) is 10.6. The van der Waals surface area contributed by atoms with Crippen LogP contribution in [0.2, 0.25) is 0 Å². The lowest BCUT2D eigenvalue weighted by atomic mass is 10.2. The standard InChI is InChI=1S/C8H6NOSi/c10-8-7(11)5-3-1-2-4-6(5)9-8/h1-4,9-10H. The molecule has 0 bridgehead atoms. The number of aromatic amines is 1. The van der Waals surface area contributed by atoms with E-state index in [1.54, 1.807) is 0 Å². The number of hydrogen-bond donors (Lipinski definition) is 2. The number of nitrogens with one attached hydrogen (secondary N) is 1. The van der Waals surface area contributed by atoms with Gasteiger partial charge in [0.15, 0.2) is 5.88 Å². The van der Waals surface area contributed by atoms with Crippen molar-refractivity contribution in [1.29, 1.82) is 0 Å². The van der Waals surface area contributed by atoms with Gasteiger partial charge in [-0.2, -0.15) is 0 Å². The van der Waals surface area contributed by atoms with Gasteiger partial charge in [-0.05, 0) is 6.07 Å². The Hall–Kier alpha value is -1.22. The minimum atomic E-state index is 0.183. The summed E-state index contributed by atoms with van der Waals surface area (Å²) in [7, 11) is 3.32. The molecule has 0 saturated heterocycles. The molecule has 2 rings (SSSR count). The van der Waals surface area contributed by atoms with Crippen molar-refractivity contribution in [2.45, 2.75) is 0 Å². The zero-order valence-electron chi connectivity index (χ0n) is 5.76. The summed E-state index contributed by atoms with van der Waals surface area (Å²) < 4.78 is 0. The van der Waals surface area contributed by atoms with Crippen molar-refractivity contribution < 1.29 is 5.11 Å². The summed E-state index contributed by atoms with van der Waals surface area (Å²) in [4.78, 5) is 2.83. The molecular weight excluding hydrogens is 154 g/mol. The van der Waals surface area contributed by atoms with Crippen LogP contribution in [0.15, 0.2) is 24.3 Å². The van der Waals surface area contributed by atoms with Crippen LogP contribution in [0.5, 0.6) is 5.88 Å².